The van der Waals surface area contributed by atoms with E-state index >= 15 is 0 Å². The van der Waals surface area contributed by atoms with Crippen molar-refractivity contribution in [3.8, 4) is 5.75 Å². The van der Waals surface area contributed by atoms with Gasteiger partial charge in [0.1, 0.15) is 18.2 Å². The number of benzene rings is 2. The molecule has 2 aromatic carbocycles. The number of nitrogens with zero attached hydrogens (tertiary/aromatic N) is 1. The maximum Gasteiger partial charge on any atom is 0.344 e. The first-order chi connectivity index (χ1) is 12.4. The highest BCUT2D eigenvalue weighted by Gasteiger charge is 2.17. The van der Waals surface area contributed by atoms with Crippen molar-refractivity contribution >= 4 is 11.7 Å². The average molecular weight is 359 g/mol. The first-order valence-electron chi connectivity index (χ1n) is 8.32. The van der Waals surface area contributed by atoms with Crippen molar-refractivity contribution in [2.24, 2.45) is 5.16 Å². The molecule has 2 aromatic rings. The van der Waals surface area contributed by atoms with E-state index in [9.17, 15) is 9.18 Å². The van der Waals surface area contributed by atoms with Gasteiger partial charge >= 0.3 is 5.97 Å². The predicted octanol–water partition coefficient (Wildman–Crippen LogP) is 4.32. The van der Waals surface area contributed by atoms with Crippen LogP contribution < -0.4 is 4.74 Å². The van der Waals surface area contributed by atoms with Crippen LogP contribution in [0.1, 0.15) is 37.0 Å². The molecule has 0 bridgehead atoms. The monoisotopic (exact) mass is 359 g/mol. The Morgan fingerprint density at radius 3 is 2.62 bits per heavy atom. The molecule has 26 heavy (non-hydrogen) atoms. The molecule has 1 N–H and O–H groups in total. The summed E-state index contributed by atoms with van der Waals surface area (Å²) in [5, 5.41) is 13.1. The minimum absolute atomic E-state index is 0.0426. The average Bonchev–Trinajstić information content (AvgIpc) is 2.61. The van der Waals surface area contributed by atoms with Gasteiger partial charge in [-0.25, -0.2) is 9.18 Å². The van der Waals surface area contributed by atoms with Gasteiger partial charge in [0.25, 0.3) is 0 Å². The number of halogens is 1. The van der Waals surface area contributed by atoms with Crippen LogP contribution in [-0.4, -0.2) is 22.9 Å². The third kappa shape index (κ3) is 5.05. The first-order valence-corrected chi connectivity index (χ1v) is 8.32. The molecule has 0 fully saturated rings. The third-order valence-corrected chi connectivity index (χ3v) is 3.89. The highest BCUT2D eigenvalue weighted by atomic mass is 19.1. The second kappa shape index (κ2) is 8.99. The summed E-state index contributed by atoms with van der Waals surface area (Å²) in [6.45, 7) is 5.41. The lowest BCUT2D eigenvalue weighted by Crippen LogP contribution is -2.26. The zero-order valence-corrected chi connectivity index (χ0v) is 15.0. The van der Waals surface area contributed by atoms with Crippen molar-refractivity contribution < 1.29 is 23.9 Å². The topological polar surface area (TPSA) is 68.1 Å². The highest BCUT2D eigenvalue weighted by molar-refractivity contribution is 5.98. The molecule has 0 heterocycles. The molecule has 0 amide bonds. The number of carboxylic acids is 1. The van der Waals surface area contributed by atoms with Gasteiger partial charge in [-0.3, -0.25) is 0 Å². The van der Waals surface area contributed by atoms with Gasteiger partial charge in [0.2, 0.25) is 0 Å². The van der Waals surface area contributed by atoms with E-state index in [1.54, 1.807) is 44.2 Å². The zero-order valence-electron chi connectivity index (χ0n) is 15.0. The summed E-state index contributed by atoms with van der Waals surface area (Å²) in [5.74, 6) is -0.806. The van der Waals surface area contributed by atoms with Crippen LogP contribution in [0.3, 0.4) is 0 Å². The van der Waals surface area contributed by atoms with Gasteiger partial charge in [-0.1, -0.05) is 30.3 Å². The van der Waals surface area contributed by atoms with Crippen LogP contribution in [0.4, 0.5) is 4.39 Å². The molecular weight excluding hydrogens is 337 g/mol. The van der Waals surface area contributed by atoms with Gasteiger partial charge < -0.3 is 14.7 Å². The van der Waals surface area contributed by atoms with Crippen LogP contribution >= 0.6 is 0 Å². The molecule has 0 radical (unpaired) electrons. The molecule has 6 heteroatoms. The predicted molar refractivity (Wildman–Crippen MR) is 96.9 cm³/mol. The molecule has 1 atom stereocenters. The minimum Gasteiger partial charge on any atom is -0.479 e. The number of carboxylic acid groups (broad SMARTS) is 1. The Morgan fingerprint density at radius 1 is 1.27 bits per heavy atom. The van der Waals surface area contributed by atoms with Crippen molar-refractivity contribution in [2.75, 3.05) is 0 Å². The summed E-state index contributed by atoms with van der Waals surface area (Å²) in [5.41, 5.74) is 2.67. The molecule has 0 saturated carbocycles. The van der Waals surface area contributed by atoms with Crippen molar-refractivity contribution in [1.29, 1.82) is 0 Å². The van der Waals surface area contributed by atoms with E-state index in [0.717, 1.165) is 11.1 Å². The van der Waals surface area contributed by atoms with Crippen molar-refractivity contribution in [2.45, 2.75) is 39.9 Å². The van der Waals surface area contributed by atoms with E-state index in [0.29, 0.717) is 23.4 Å². The van der Waals surface area contributed by atoms with Crippen LogP contribution in [0.15, 0.2) is 47.6 Å². The molecular formula is C20H22FNO4. The fourth-order valence-electron chi connectivity index (χ4n) is 2.34. The molecule has 0 spiro atoms. The van der Waals surface area contributed by atoms with Crippen LogP contribution in [0.2, 0.25) is 0 Å². The Hall–Kier alpha value is -2.89. The smallest absolute Gasteiger partial charge is 0.344 e. The summed E-state index contributed by atoms with van der Waals surface area (Å²) in [7, 11) is 0. The van der Waals surface area contributed by atoms with Crippen LogP contribution in [0.5, 0.6) is 5.75 Å². The van der Waals surface area contributed by atoms with Gasteiger partial charge in [-0.2, -0.15) is 0 Å². The second-order valence-corrected chi connectivity index (χ2v) is 5.87. The Labute approximate surface area is 152 Å². The summed E-state index contributed by atoms with van der Waals surface area (Å²) >= 11 is 0. The SMILES string of the molecule is CCC(Oc1ccc(C(C)=NOCc2ccccc2F)cc1C)C(=O)O. The maximum absolute atomic E-state index is 13.5. The van der Waals surface area contributed by atoms with Crippen LogP contribution in [-0.2, 0) is 16.2 Å². The third-order valence-electron chi connectivity index (χ3n) is 3.89. The molecule has 0 saturated heterocycles. The van der Waals surface area contributed by atoms with E-state index < -0.39 is 12.1 Å². The summed E-state index contributed by atoms with van der Waals surface area (Å²) in [4.78, 5) is 16.3. The molecule has 0 aliphatic carbocycles. The molecule has 2 rings (SSSR count). The van der Waals surface area contributed by atoms with E-state index in [-0.39, 0.29) is 12.4 Å². The van der Waals surface area contributed by atoms with Crippen molar-refractivity contribution in [3.05, 3.63) is 65.0 Å². The molecule has 1 unspecified atom stereocenters. The number of aryl methyl sites for hydroxylation is 1. The van der Waals surface area contributed by atoms with Gasteiger partial charge in [0, 0.05) is 5.56 Å². The van der Waals surface area contributed by atoms with Gasteiger partial charge in [-0.15, -0.1) is 0 Å². The van der Waals surface area contributed by atoms with Crippen LogP contribution in [0.25, 0.3) is 0 Å². The number of hydrogen-bond donors (Lipinski definition) is 1. The minimum atomic E-state index is -0.990. The van der Waals surface area contributed by atoms with Gasteiger partial charge in [0.15, 0.2) is 6.10 Å². The van der Waals surface area contributed by atoms with Crippen molar-refractivity contribution in [3.63, 3.8) is 0 Å². The Morgan fingerprint density at radius 2 is 2.00 bits per heavy atom. The lowest BCUT2D eigenvalue weighted by Gasteiger charge is -2.15. The van der Waals surface area contributed by atoms with Crippen molar-refractivity contribution in [1.82, 2.24) is 0 Å². The van der Waals surface area contributed by atoms with Crippen LogP contribution in [0, 0.1) is 12.7 Å². The summed E-state index contributed by atoms with van der Waals surface area (Å²) in [6.07, 6.45) is -0.501. The normalized spacial score (nSPS) is 12.5. The number of ether oxygens (including phenoxy) is 1. The van der Waals surface area contributed by atoms with E-state index in [2.05, 4.69) is 5.16 Å². The molecule has 0 aliphatic rings. The summed E-state index contributed by atoms with van der Waals surface area (Å²) < 4.78 is 19.1. The molecule has 0 aliphatic heterocycles. The fourth-order valence-corrected chi connectivity index (χ4v) is 2.34. The lowest BCUT2D eigenvalue weighted by atomic mass is 10.1. The zero-order chi connectivity index (χ0) is 19.1. The second-order valence-electron chi connectivity index (χ2n) is 5.87. The number of carbonyl (C=O) groups is 1. The largest absolute Gasteiger partial charge is 0.479 e. The summed E-state index contributed by atoms with van der Waals surface area (Å²) in [6, 6.07) is 11.7. The van der Waals surface area contributed by atoms with Gasteiger partial charge in [-0.05, 0) is 55.7 Å². The molecule has 138 valence electrons. The first kappa shape index (κ1) is 19.4. The fraction of sp³-hybridized carbons (Fsp3) is 0.300. The Kier molecular flexibility index (Phi) is 6.72. The molecule has 5 nitrogen and oxygen atoms in total. The highest BCUT2D eigenvalue weighted by Crippen LogP contribution is 2.22. The quantitative estimate of drug-likeness (QED) is 0.563. The Bertz CT molecular complexity index is 804. The van der Waals surface area contributed by atoms with E-state index in [4.69, 9.17) is 14.7 Å². The lowest BCUT2D eigenvalue weighted by molar-refractivity contribution is -0.145. The number of hydrogen-bond acceptors (Lipinski definition) is 4. The Balaban J connectivity index is 2.05. The number of oxime groups is 1. The maximum atomic E-state index is 13.5. The van der Waals surface area contributed by atoms with E-state index in [1.807, 2.05) is 13.0 Å². The standard InChI is InChI=1S/C20H22FNO4/c1-4-18(20(23)24)26-19-10-9-15(11-13(19)2)14(3)22-25-12-16-7-5-6-8-17(16)21/h5-11,18H,4,12H2,1-3H3,(H,23,24). The number of rotatable bonds is 8. The molecule has 0 aromatic heterocycles. The van der Waals surface area contributed by atoms with E-state index in [1.165, 1.54) is 6.07 Å². The number of aliphatic carboxylic acids is 1. The van der Waals surface area contributed by atoms with Gasteiger partial charge in [0.05, 0.1) is 5.71 Å².